The van der Waals surface area contributed by atoms with Crippen LogP contribution in [0.2, 0.25) is 5.02 Å². The summed E-state index contributed by atoms with van der Waals surface area (Å²) in [7, 11) is 3.07. The zero-order valence-electron chi connectivity index (χ0n) is 16.9. The SMILES string of the molecule is COc1ccc(OC)c(NC2=C(c3ccc(Cl)cc3)C(=O)N(c3ccccc3)C2=O)c1. The molecule has 0 saturated carbocycles. The highest BCUT2D eigenvalue weighted by Crippen LogP contribution is 2.37. The number of hydrogen-bond donors (Lipinski definition) is 1. The van der Waals surface area contributed by atoms with Crippen LogP contribution in [-0.2, 0) is 9.59 Å². The Morgan fingerprint density at radius 3 is 2.19 bits per heavy atom. The van der Waals surface area contributed by atoms with Gasteiger partial charge in [-0.1, -0.05) is 41.9 Å². The highest BCUT2D eigenvalue weighted by molar-refractivity contribution is 6.46. The molecule has 0 bridgehead atoms. The van der Waals surface area contributed by atoms with Crippen LogP contribution in [0.25, 0.3) is 5.57 Å². The van der Waals surface area contributed by atoms with E-state index in [9.17, 15) is 9.59 Å². The molecule has 0 spiro atoms. The van der Waals surface area contributed by atoms with E-state index >= 15 is 0 Å². The lowest BCUT2D eigenvalue weighted by Crippen LogP contribution is -2.32. The molecule has 0 atom stereocenters. The Bertz CT molecular complexity index is 1170. The molecule has 3 aromatic rings. The highest BCUT2D eigenvalue weighted by atomic mass is 35.5. The van der Waals surface area contributed by atoms with Crippen molar-refractivity contribution in [1.29, 1.82) is 0 Å². The monoisotopic (exact) mass is 434 g/mol. The summed E-state index contributed by atoms with van der Waals surface area (Å²) in [6.07, 6.45) is 0. The zero-order valence-corrected chi connectivity index (χ0v) is 17.6. The Kier molecular flexibility index (Phi) is 5.64. The molecule has 0 aliphatic carbocycles. The number of carbonyl (C=O) groups excluding carboxylic acids is 2. The molecule has 1 aliphatic heterocycles. The van der Waals surface area contributed by atoms with Gasteiger partial charge in [-0.05, 0) is 42.0 Å². The number of nitrogens with zero attached hydrogens (tertiary/aromatic N) is 1. The maximum absolute atomic E-state index is 13.4. The van der Waals surface area contributed by atoms with Gasteiger partial charge in [-0.3, -0.25) is 9.59 Å². The molecule has 1 aliphatic rings. The standard InChI is InChI=1S/C24H19ClN2O4/c1-30-18-12-13-20(31-2)19(14-18)26-22-21(15-8-10-16(25)11-9-15)23(28)27(24(22)29)17-6-4-3-5-7-17/h3-14,26H,1-2H3. The van der Waals surface area contributed by atoms with Crippen molar-refractivity contribution in [2.24, 2.45) is 0 Å². The maximum Gasteiger partial charge on any atom is 0.282 e. The fourth-order valence-corrected chi connectivity index (χ4v) is 3.51. The van der Waals surface area contributed by atoms with Gasteiger partial charge in [-0.2, -0.15) is 0 Å². The Balaban J connectivity index is 1.85. The summed E-state index contributed by atoms with van der Waals surface area (Å²) in [6.45, 7) is 0. The molecular weight excluding hydrogens is 416 g/mol. The number of nitrogens with one attached hydrogen (secondary N) is 1. The number of anilines is 2. The summed E-state index contributed by atoms with van der Waals surface area (Å²) >= 11 is 6.02. The van der Waals surface area contributed by atoms with Gasteiger partial charge < -0.3 is 14.8 Å². The van der Waals surface area contributed by atoms with Crippen LogP contribution in [0.15, 0.2) is 78.5 Å². The van der Waals surface area contributed by atoms with Crippen LogP contribution in [0, 0.1) is 0 Å². The number of amides is 2. The lowest BCUT2D eigenvalue weighted by molar-refractivity contribution is -0.120. The number of halogens is 1. The van der Waals surface area contributed by atoms with Crippen molar-refractivity contribution in [3.05, 3.63) is 89.1 Å². The van der Waals surface area contributed by atoms with Crippen LogP contribution in [0.1, 0.15) is 5.56 Å². The third-order valence-electron chi connectivity index (χ3n) is 4.90. The topological polar surface area (TPSA) is 67.9 Å². The minimum atomic E-state index is -0.467. The molecule has 31 heavy (non-hydrogen) atoms. The summed E-state index contributed by atoms with van der Waals surface area (Å²) in [6, 6.07) is 20.7. The Labute approximate surface area is 184 Å². The van der Waals surface area contributed by atoms with Gasteiger partial charge in [0.2, 0.25) is 0 Å². The molecule has 0 saturated heterocycles. The van der Waals surface area contributed by atoms with Crippen molar-refractivity contribution in [3.8, 4) is 11.5 Å². The van der Waals surface area contributed by atoms with Gasteiger partial charge in [0.1, 0.15) is 17.2 Å². The summed E-state index contributed by atoms with van der Waals surface area (Å²) in [5, 5.41) is 3.64. The second kappa shape index (κ2) is 8.53. The molecule has 0 fully saturated rings. The Morgan fingerprint density at radius 2 is 1.55 bits per heavy atom. The third kappa shape index (κ3) is 3.85. The van der Waals surface area contributed by atoms with Gasteiger partial charge in [-0.15, -0.1) is 0 Å². The van der Waals surface area contributed by atoms with Gasteiger partial charge in [0, 0.05) is 11.1 Å². The second-order valence-electron chi connectivity index (χ2n) is 6.73. The lowest BCUT2D eigenvalue weighted by Gasteiger charge is -2.16. The second-order valence-corrected chi connectivity index (χ2v) is 7.17. The fourth-order valence-electron chi connectivity index (χ4n) is 3.39. The summed E-state index contributed by atoms with van der Waals surface area (Å²) < 4.78 is 10.7. The first-order valence-electron chi connectivity index (χ1n) is 9.46. The van der Waals surface area contributed by atoms with E-state index in [4.69, 9.17) is 21.1 Å². The average Bonchev–Trinajstić information content (AvgIpc) is 3.04. The number of methoxy groups -OCH3 is 2. The van der Waals surface area contributed by atoms with Crippen molar-refractivity contribution in [1.82, 2.24) is 0 Å². The molecule has 7 heteroatoms. The predicted octanol–water partition coefficient (Wildman–Crippen LogP) is 4.75. The number of carbonyl (C=O) groups is 2. The third-order valence-corrected chi connectivity index (χ3v) is 5.15. The van der Waals surface area contributed by atoms with E-state index in [2.05, 4.69) is 5.32 Å². The first-order valence-corrected chi connectivity index (χ1v) is 9.84. The molecule has 0 aromatic heterocycles. The van der Waals surface area contributed by atoms with E-state index in [1.807, 2.05) is 6.07 Å². The molecule has 0 radical (unpaired) electrons. The van der Waals surface area contributed by atoms with Crippen molar-refractivity contribution in [3.63, 3.8) is 0 Å². The first kappa shape index (κ1) is 20.5. The average molecular weight is 435 g/mol. The van der Waals surface area contributed by atoms with Crippen LogP contribution in [0.4, 0.5) is 11.4 Å². The largest absolute Gasteiger partial charge is 0.497 e. The lowest BCUT2D eigenvalue weighted by atomic mass is 10.0. The van der Waals surface area contributed by atoms with Crippen molar-refractivity contribution in [2.75, 3.05) is 24.4 Å². The summed E-state index contributed by atoms with van der Waals surface area (Å²) in [4.78, 5) is 28.0. The highest BCUT2D eigenvalue weighted by Gasteiger charge is 2.40. The molecule has 0 unspecified atom stereocenters. The molecule has 2 amide bonds. The van der Waals surface area contributed by atoms with Crippen molar-refractivity contribution >= 4 is 40.4 Å². The van der Waals surface area contributed by atoms with Crippen LogP contribution in [0.3, 0.4) is 0 Å². The zero-order chi connectivity index (χ0) is 22.0. The van der Waals surface area contributed by atoms with Crippen LogP contribution < -0.4 is 19.7 Å². The number of benzene rings is 3. The Hall–Kier alpha value is -3.77. The Morgan fingerprint density at radius 1 is 0.839 bits per heavy atom. The predicted molar refractivity (Wildman–Crippen MR) is 120 cm³/mol. The maximum atomic E-state index is 13.4. The normalized spacial score (nSPS) is 13.6. The molecule has 3 aromatic carbocycles. The minimum absolute atomic E-state index is 0.141. The quantitative estimate of drug-likeness (QED) is 0.567. The molecule has 1 heterocycles. The number of ether oxygens (including phenoxy) is 2. The van der Waals surface area contributed by atoms with Gasteiger partial charge in [-0.25, -0.2) is 4.90 Å². The molecular formula is C24H19ClN2O4. The van der Waals surface area contributed by atoms with Gasteiger partial charge in [0.25, 0.3) is 11.8 Å². The van der Waals surface area contributed by atoms with Crippen LogP contribution >= 0.6 is 11.6 Å². The number of hydrogen-bond acceptors (Lipinski definition) is 5. The molecule has 1 N–H and O–H groups in total. The van der Waals surface area contributed by atoms with Gasteiger partial charge >= 0.3 is 0 Å². The van der Waals surface area contributed by atoms with Crippen LogP contribution in [0.5, 0.6) is 11.5 Å². The van der Waals surface area contributed by atoms with Gasteiger partial charge in [0.05, 0.1) is 31.2 Å². The molecule has 156 valence electrons. The number of rotatable bonds is 6. The van der Waals surface area contributed by atoms with E-state index in [0.29, 0.717) is 33.5 Å². The molecule has 4 rings (SSSR count). The summed E-state index contributed by atoms with van der Waals surface area (Å²) in [5.74, 6) is 0.185. The number of imide groups is 1. The van der Waals surface area contributed by atoms with E-state index in [-0.39, 0.29) is 11.3 Å². The van der Waals surface area contributed by atoms with E-state index in [0.717, 1.165) is 4.90 Å². The smallest absolute Gasteiger partial charge is 0.282 e. The molecule has 6 nitrogen and oxygen atoms in total. The van der Waals surface area contributed by atoms with E-state index in [1.54, 1.807) is 73.8 Å². The van der Waals surface area contributed by atoms with Crippen LogP contribution in [-0.4, -0.2) is 26.0 Å². The minimum Gasteiger partial charge on any atom is -0.497 e. The first-order chi connectivity index (χ1) is 15.0. The van der Waals surface area contributed by atoms with E-state index in [1.165, 1.54) is 7.11 Å². The number of para-hydroxylation sites is 1. The van der Waals surface area contributed by atoms with Crippen molar-refractivity contribution in [2.45, 2.75) is 0 Å². The van der Waals surface area contributed by atoms with Crippen molar-refractivity contribution < 1.29 is 19.1 Å². The summed E-state index contributed by atoms with van der Waals surface area (Å²) in [5.41, 5.74) is 1.95. The van der Waals surface area contributed by atoms with Gasteiger partial charge in [0.15, 0.2) is 0 Å². The fraction of sp³-hybridized carbons (Fsp3) is 0.0833. The van der Waals surface area contributed by atoms with E-state index < -0.39 is 11.8 Å².